The number of aliphatic hydroxyl groups excluding tert-OH is 4. The second-order valence-corrected chi connectivity index (χ2v) is 23.9. The Kier molecular flexibility index (Phi) is 15.6. The number of hydrogen-bond acceptors (Lipinski definition) is 20. The number of fused-ring (bicyclic) bond motifs is 2. The third-order valence-electron chi connectivity index (χ3n) is 18.6. The minimum absolute atomic E-state index is 0.00715. The van der Waals surface area contributed by atoms with E-state index in [1.54, 1.807) is 15.5 Å². The van der Waals surface area contributed by atoms with Crippen molar-refractivity contribution in [2.24, 2.45) is 10.7 Å². The molecule has 2 aliphatic carbocycles. The number of aromatic nitrogens is 8. The lowest BCUT2D eigenvalue weighted by molar-refractivity contribution is -0.129. The summed E-state index contributed by atoms with van der Waals surface area (Å²) in [6.07, 6.45) is -0.996. The highest BCUT2D eigenvalue weighted by Crippen LogP contribution is 2.40. The molecule has 27 nitrogen and oxygen atoms in total. The summed E-state index contributed by atoms with van der Waals surface area (Å²) >= 11 is 0. The van der Waals surface area contributed by atoms with Crippen LogP contribution in [0.25, 0.3) is 22.3 Å². The van der Waals surface area contributed by atoms with E-state index in [4.69, 9.17) is 35.6 Å². The van der Waals surface area contributed by atoms with E-state index in [0.29, 0.717) is 98.0 Å². The molecule has 0 spiro atoms. The van der Waals surface area contributed by atoms with Gasteiger partial charge in [-0.05, 0) is 47.9 Å². The van der Waals surface area contributed by atoms with Crippen LogP contribution in [0.5, 0.6) is 0 Å². The highest BCUT2D eigenvalue weighted by Gasteiger charge is 2.51. The Bertz CT molecular complexity index is 3680. The average Bonchev–Trinajstić information content (AvgIpc) is 1.77. The molecule has 3 saturated heterocycles. The van der Waals surface area contributed by atoms with Crippen molar-refractivity contribution in [3.8, 4) is 0 Å². The summed E-state index contributed by atoms with van der Waals surface area (Å²) in [5, 5.41) is 62.1. The van der Waals surface area contributed by atoms with Gasteiger partial charge in [-0.25, -0.2) is 24.5 Å². The van der Waals surface area contributed by atoms with Gasteiger partial charge in [0.2, 0.25) is 17.8 Å². The van der Waals surface area contributed by atoms with Gasteiger partial charge in [0.25, 0.3) is 5.91 Å². The summed E-state index contributed by atoms with van der Waals surface area (Å²) < 4.78 is 3.41. The van der Waals surface area contributed by atoms with Crippen molar-refractivity contribution in [2.45, 2.75) is 98.2 Å². The molecular weight excluding hydrogens is 1150 g/mol. The number of nitrogens with zero attached hydrogens (tertiary/aromatic N) is 13. The van der Waals surface area contributed by atoms with Crippen LogP contribution in [0.4, 0.5) is 33.1 Å². The van der Waals surface area contributed by atoms with Crippen LogP contribution in [0.15, 0.2) is 139 Å². The highest BCUT2D eigenvalue weighted by molar-refractivity contribution is 6.03. The van der Waals surface area contributed by atoms with Crippen molar-refractivity contribution in [1.29, 1.82) is 0 Å². The molecule has 6 amide bonds. The predicted molar refractivity (Wildman–Crippen MR) is 332 cm³/mol. The van der Waals surface area contributed by atoms with Crippen LogP contribution in [0, 0.1) is 0 Å². The number of imide groups is 1. The summed E-state index contributed by atoms with van der Waals surface area (Å²) in [5.41, 5.74) is 12.1. The third kappa shape index (κ3) is 11.0. The Morgan fingerprint density at radius 2 is 0.967 bits per heavy atom. The zero-order valence-corrected chi connectivity index (χ0v) is 48.9. The van der Waals surface area contributed by atoms with Crippen LogP contribution in [0.1, 0.15) is 71.9 Å². The molecule has 464 valence electrons. The number of aliphatic hydroxyl groups is 4. The number of carbonyl (C=O) groups excluding carboxylic acids is 4. The molecule has 4 aliphatic heterocycles. The Morgan fingerprint density at radius 1 is 0.556 bits per heavy atom. The number of aliphatic imine (C=N–C) groups is 1. The first-order chi connectivity index (χ1) is 43.8. The first kappa shape index (κ1) is 57.9. The number of nitrogens with two attached hydrogens (primary N) is 1. The lowest BCUT2D eigenvalue weighted by atomic mass is 9.91. The fourth-order valence-corrected chi connectivity index (χ4v) is 13.9. The largest absolute Gasteiger partial charge is 0.388 e. The molecule has 11 N–H and O–H groups in total. The Morgan fingerprint density at radius 3 is 1.36 bits per heavy atom. The molecule has 10 atom stereocenters. The highest BCUT2D eigenvalue weighted by atomic mass is 16.3. The van der Waals surface area contributed by atoms with Crippen molar-refractivity contribution in [1.82, 2.24) is 64.8 Å². The van der Waals surface area contributed by atoms with Crippen LogP contribution in [0.3, 0.4) is 0 Å². The molecule has 0 bridgehead atoms. The molecule has 27 heteroatoms. The Labute approximate surface area is 516 Å². The second kappa shape index (κ2) is 24.3. The number of hydrogen-bond donors (Lipinski definition) is 10. The zero-order chi connectivity index (χ0) is 61.7. The molecular formula is C63H69N19O8. The van der Waals surface area contributed by atoms with Gasteiger partial charge in [0, 0.05) is 63.2 Å². The third-order valence-corrected chi connectivity index (χ3v) is 18.6. The summed E-state index contributed by atoms with van der Waals surface area (Å²) in [4.78, 5) is 92.8. The summed E-state index contributed by atoms with van der Waals surface area (Å²) in [7, 11) is 0. The number of rotatable bonds is 18. The number of carbonyl (C=O) groups is 4. The van der Waals surface area contributed by atoms with Gasteiger partial charge in [-0.15, -0.1) is 0 Å². The van der Waals surface area contributed by atoms with Crippen LogP contribution in [-0.4, -0.2) is 200 Å². The van der Waals surface area contributed by atoms with Crippen molar-refractivity contribution in [2.75, 3.05) is 72.8 Å². The lowest BCUT2D eigenvalue weighted by Crippen LogP contribution is -2.50. The summed E-state index contributed by atoms with van der Waals surface area (Å²) in [6.45, 7) is 2.23. The van der Waals surface area contributed by atoms with E-state index in [1.807, 2.05) is 82.6 Å². The topological polar surface area (TPSA) is 348 Å². The smallest absolute Gasteiger partial charge is 0.324 e. The van der Waals surface area contributed by atoms with E-state index in [2.05, 4.69) is 80.1 Å². The number of imidazole rings is 2. The van der Waals surface area contributed by atoms with Crippen LogP contribution >= 0.6 is 0 Å². The van der Waals surface area contributed by atoms with E-state index in [-0.39, 0.29) is 67.7 Å². The van der Waals surface area contributed by atoms with Gasteiger partial charge in [0.15, 0.2) is 39.9 Å². The monoisotopic (exact) mass is 1220 g/mol. The molecule has 2 saturated carbocycles. The quantitative estimate of drug-likeness (QED) is 0.0551. The lowest BCUT2D eigenvalue weighted by Gasteiger charge is -2.26. The Hall–Kier alpha value is -9.83. The van der Waals surface area contributed by atoms with E-state index in [0.717, 1.165) is 27.2 Å². The number of urea groups is 2. The zero-order valence-electron chi connectivity index (χ0n) is 48.9. The molecule has 90 heavy (non-hydrogen) atoms. The van der Waals surface area contributed by atoms with E-state index < -0.39 is 60.5 Å². The number of benzene rings is 4. The molecule has 0 radical (unpaired) electrons. The number of anilines is 4. The molecule has 1 unspecified atom stereocenters. The van der Waals surface area contributed by atoms with Crippen molar-refractivity contribution < 1.29 is 39.6 Å². The van der Waals surface area contributed by atoms with Gasteiger partial charge in [0.05, 0.1) is 43.4 Å². The standard InChI is InChI=1S/C63H69N19O8/c64-59-67-29-47(83)81(59)45-25-43(51(85)53(45)87)79-33-69-49-55(65-27-41(35-13-5-1-6-14-35)36-15-7-2-8-16-36)73-60(75-57(49)79)77-23-21-39(31-77)71-62(89)72-40-22-24-78(32-40)61-74-56(66-28-42(37-17-9-3-10-18-37)38-19-11-4-12-20-38)50-58(76-61)80(34-70-50)44-26-46(54(88)52(44)86)82-48(84)30-68-63(82)90/h1-20,33-34,39-46,51-54,85-88H,21-32H2,(H2,64,67)(H,68,90)(H,65,73,75)(H,66,74,76)(H2,71,72,89)/t39-,40?,43-,44-,45+,46+,51+,52+,53-,54-/m1/s1. The van der Waals surface area contributed by atoms with Crippen LogP contribution in [-0.2, 0) is 9.59 Å². The Balaban J connectivity index is 0.698. The van der Waals surface area contributed by atoms with E-state index in [9.17, 15) is 39.6 Å². The van der Waals surface area contributed by atoms with Gasteiger partial charge in [-0.1, -0.05) is 121 Å². The molecule has 4 aromatic heterocycles. The van der Waals surface area contributed by atoms with Gasteiger partial charge in [-0.2, -0.15) is 19.9 Å². The van der Waals surface area contributed by atoms with Gasteiger partial charge >= 0.3 is 12.1 Å². The van der Waals surface area contributed by atoms with Crippen LogP contribution < -0.4 is 42.1 Å². The van der Waals surface area contributed by atoms with Gasteiger partial charge in [0.1, 0.15) is 31.0 Å². The number of amides is 6. The fourth-order valence-electron chi connectivity index (χ4n) is 13.9. The first-order valence-electron chi connectivity index (χ1n) is 30.5. The minimum atomic E-state index is -1.43. The fraction of sp³-hybridized carbons (Fsp3) is 0.381. The SMILES string of the molecule is NC1=NCC(=O)N1[C@H]1C[C@@H](n2cnc3c(NCC(c4ccccc4)c4ccccc4)nc(N4CC[C@@H](NC(=O)NC5CCN(c6nc(NCC(c7ccccc7)c7ccccc7)c7ncn([C@@H]8C[C@H](N9C(=O)CNC9=O)[C@@H](O)[C@H]8O)c7n6)C5)C4)nc32)[C@H](O)[C@@H]1O. The minimum Gasteiger partial charge on any atom is -0.388 e. The summed E-state index contributed by atoms with van der Waals surface area (Å²) in [6, 6.07) is 35.7. The molecule has 8 heterocycles. The first-order valence-corrected chi connectivity index (χ1v) is 30.5. The molecule has 5 fully saturated rings. The maximum absolute atomic E-state index is 14.1. The van der Waals surface area contributed by atoms with Crippen molar-refractivity contribution in [3.63, 3.8) is 0 Å². The normalized spacial score (nSPS) is 25.2. The van der Waals surface area contributed by atoms with Crippen molar-refractivity contribution in [3.05, 3.63) is 156 Å². The van der Waals surface area contributed by atoms with Gasteiger partial charge < -0.3 is 71.7 Å². The van der Waals surface area contributed by atoms with Crippen molar-refractivity contribution >= 4 is 75.7 Å². The average molecular weight is 1220 g/mol. The molecule has 14 rings (SSSR count). The molecule has 8 aromatic rings. The van der Waals surface area contributed by atoms with Crippen LogP contribution in [0.2, 0.25) is 0 Å². The van der Waals surface area contributed by atoms with Gasteiger partial charge in [-0.3, -0.25) is 19.4 Å². The number of guanidine groups is 1. The molecule has 6 aliphatic rings. The maximum atomic E-state index is 14.1. The maximum Gasteiger partial charge on any atom is 0.324 e. The van der Waals surface area contributed by atoms with E-state index in [1.165, 1.54) is 11.2 Å². The second-order valence-electron chi connectivity index (χ2n) is 23.9. The number of nitrogens with one attached hydrogen (secondary N) is 5. The molecule has 4 aromatic carbocycles. The van der Waals surface area contributed by atoms with E-state index >= 15 is 0 Å². The predicted octanol–water partition coefficient (Wildman–Crippen LogP) is 2.39. The summed E-state index contributed by atoms with van der Waals surface area (Å²) in [5.74, 6) is 0.579.